The van der Waals surface area contributed by atoms with Gasteiger partial charge in [0, 0.05) is 17.8 Å². The molecule has 8 heteroatoms. The Labute approximate surface area is 147 Å². The average molecular weight is 351 g/mol. The number of hydrogen-bond acceptors (Lipinski definition) is 4. The van der Waals surface area contributed by atoms with Crippen LogP contribution in [0.1, 0.15) is 13.8 Å². The van der Waals surface area contributed by atoms with Crippen LogP contribution in [-0.4, -0.2) is 57.6 Å². The molecule has 0 aliphatic carbocycles. The zero-order valence-corrected chi connectivity index (χ0v) is 15.1. The van der Waals surface area contributed by atoms with E-state index in [0.717, 1.165) is 0 Å². The Morgan fingerprint density at radius 3 is 2.44 bits per heavy atom. The summed E-state index contributed by atoms with van der Waals surface area (Å²) in [4.78, 5) is 36.0. The summed E-state index contributed by atoms with van der Waals surface area (Å²) in [5.74, 6) is -0.0870. The van der Waals surface area contributed by atoms with Crippen LogP contribution < -0.4 is 25.6 Å². The van der Waals surface area contributed by atoms with E-state index in [1.165, 1.54) is 0 Å². The SMILES string of the molecule is COc1cccc(NC(=O)C[NH+](C)CC(=O)NCC(=O)NC(C)C)c1. The van der Waals surface area contributed by atoms with Crippen molar-refractivity contribution in [3.05, 3.63) is 24.3 Å². The van der Waals surface area contributed by atoms with E-state index in [2.05, 4.69) is 16.0 Å². The third-order valence-electron chi connectivity index (χ3n) is 3.17. The van der Waals surface area contributed by atoms with Crippen LogP contribution in [0, 0.1) is 0 Å². The molecule has 1 aromatic rings. The molecule has 4 N–H and O–H groups in total. The van der Waals surface area contributed by atoms with Gasteiger partial charge in [0.05, 0.1) is 20.7 Å². The Hall–Kier alpha value is -2.61. The largest absolute Gasteiger partial charge is 0.497 e. The molecule has 0 bridgehead atoms. The highest BCUT2D eigenvalue weighted by Crippen LogP contribution is 2.16. The lowest BCUT2D eigenvalue weighted by atomic mass is 10.3. The molecular weight excluding hydrogens is 324 g/mol. The molecule has 0 spiro atoms. The zero-order valence-electron chi connectivity index (χ0n) is 15.1. The summed E-state index contributed by atoms with van der Waals surface area (Å²) in [6, 6.07) is 7.06. The van der Waals surface area contributed by atoms with E-state index in [1.54, 1.807) is 38.4 Å². The molecule has 0 aliphatic heterocycles. The summed E-state index contributed by atoms with van der Waals surface area (Å²) in [6.07, 6.45) is 0. The van der Waals surface area contributed by atoms with E-state index >= 15 is 0 Å². The van der Waals surface area contributed by atoms with Crippen molar-refractivity contribution in [3.63, 3.8) is 0 Å². The standard InChI is InChI=1S/C17H26N4O4/c1-12(2)19-15(22)9-18-16(23)10-21(3)11-17(24)20-13-6-5-7-14(8-13)25-4/h5-8,12H,9-11H2,1-4H3,(H,18,23)(H,19,22)(H,20,24)/p+1. The summed E-state index contributed by atoms with van der Waals surface area (Å²) in [6.45, 7) is 3.85. The second kappa shape index (κ2) is 10.3. The Kier molecular flexibility index (Phi) is 8.42. The van der Waals surface area contributed by atoms with Crippen LogP contribution in [0.5, 0.6) is 5.75 Å². The van der Waals surface area contributed by atoms with E-state index in [4.69, 9.17) is 4.74 Å². The molecule has 0 fully saturated rings. The van der Waals surface area contributed by atoms with E-state index in [-0.39, 0.29) is 43.4 Å². The van der Waals surface area contributed by atoms with Gasteiger partial charge in [0.2, 0.25) is 5.91 Å². The van der Waals surface area contributed by atoms with Gasteiger partial charge in [0.15, 0.2) is 13.1 Å². The number of anilines is 1. The number of amides is 3. The number of hydrogen-bond donors (Lipinski definition) is 4. The molecule has 0 aromatic heterocycles. The maximum atomic E-state index is 12.0. The molecule has 1 atom stereocenters. The van der Waals surface area contributed by atoms with Gasteiger partial charge in [-0.25, -0.2) is 0 Å². The molecule has 138 valence electrons. The van der Waals surface area contributed by atoms with Crippen molar-refractivity contribution in [1.29, 1.82) is 0 Å². The third-order valence-corrected chi connectivity index (χ3v) is 3.17. The molecule has 0 saturated heterocycles. The second-order valence-corrected chi connectivity index (χ2v) is 6.09. The third kappa shape index (κ3) is 8.71. The van der Waals surface area contributed by atoms with Gasteiger partial charge < -0.3 is 25.6 Å². The maximum Gasteiger partial charge on any atom is 0.279 e. The molecule has 0 saturated carbocycles. The molecule has 1 unspecified atom stereocenters. The molecule has 0 heterocycles. The first-order valence-electron chi connectivity index (χ1n) is 8.11. The van der Waals surface area contributed by atoms with Crippen molar-refractivity contribution < 1.29 is 24.0 Å². The molecular formula is C17H27N4O4+. The van der Waals surface area contributed by atoms with Crippen molar-refractivity contribution in [2.75, 3.05) is 39.1 Å². The second-order valence-electron chi connectivity index (χ2n) is 6.09. The quantitative estimate of drug-likeness (QED) is 0.448. The lowest BCUT2D eigenvalue weighted by Gasteiger charge is -2.14. The zero-order chi connectivity index (χ0) is 18.8. The van der Waals surface area contributed by atoms with Crippen molar-refractivity contribution >= 4 is 23.4 Å². The predicted octanol–water partition coefficient (Wildman–Crippen LogP) is -1.21. The Balaban J connectivity index is 2.34. The van der Waals surface area contributed by atoms with Crippen LogP contribution in [0.25, 0.3) is 0 Å². The summed E-state index contributed by atoms with van der Waals surface area (Å²) < 4.78 is 5.10. The monoisotopic (exact) mass is 351 g/mol. The lowest BCUT2D eigenvalue weighted by Crippen LogP contribution is -3.11. The number of carbonyl (C=O) groups is 3. The van der Waals surface area contributed by atoms with E-state index in [9.17, 15) is 14.4 Å². The highest BCUT2D eigenvalue weighted by molar-refractivity contribution is 5.91. The van der Waals surface area contributed by atoms with Crippen molar-refractivity contribution in [1.82, 2.24) is 10.6 Å². The number of methoxy groups -OCH3 is 1. The van der Waals surface area contributed by atoms with Gasteiger partial charge in [-0.05, 0) is 26.0 Å². The van der Waals surface area contributed by atoms with Gasteiger partial charge in [-0.1, -0.05) is 6.07 Å². The Bertz CT molecular complexity index is 604. The van der Waals surface area contributed by atoms with Gasteiger partial charge >= 0.3 is 0 Å². The first-order chi connectivity index (χ1) is 11.8. The summed E-state index contributed by atoms with van der Waals surface area (Å²) in [5.41, 5.74) is 0.631. The van der Waals surface area contributed by atoms with Crippen LogP contribution in [0.2, 0.25) is 0 Å². The number of benzene rings is 1. The maximum absolute atomic E-state index is 12.0. The van der Waals surface area contributed by atoms with E-state index < -0.39 is 0 Å². The molecule has 1 rings (SSSR count). The van der Waals surface area contributed by atoms with E-state index in [0.29, 0.717) is 16.3 Å². The van der Waals surface area contributed by atoms with Crippen LogP contribution in [0.4, 0.5) is 5.69 Å². The first-order valence-corrected chi connectivity index (χ1v) is 8.11. The minimum Gasteiger partial charge on any atom is -0.497 e. The number of rotatable bonds is 9. The fourth-order valence-corrected chi connectivity index (χ4v) is 2.13. The molecule has 1 aromatic carbocycles. The topological polar surface area (TPSA) is 101 Å². The average Bonchev–Trinajstić information content (AvgIpc) is 2.52. The van der Waals surface area contributed by atoms with Crippen LogP contribution in [-0.2, 0) is 14.4 Å². The van der Waals surface area contributed by atoms with Gasteiger partial charge in [-0.2, -0.15) is 0 Å². The molecule has 0 aliphatic rings. The fourth-order valence-electron chi connectivity index (χ4n) is 2.13. The summed E-state index contributed by atoms with van der Waals surface area (Å²) in [7, 11) is 3.29. The van der Waals surface area contributed by atoms with Gasteiger partial charge in [-0.3, -0.25) is 14.4 Å². The van der Waals surface area contributed by atoms with Crippen LogP contribution in [0.3, 0.4) is 0 Å². The smallest absolute Gasteiger partial charge is 0.279 e. The number of likely N-dealkylation sites (N-methyl/N-ethyl adjacent to an activating group) is 1. The molecule has 8 nitrogen and oxygen atoms in total. The molecule has 25 heavy (non-hydrogen) atoms. The number of carbonyl (C=O) groups excluding carboxylic acids is 3. The van der Waals surface area contributed by atoms with Gasteiger partial charge in [-0.15, -0.1) is 0 Å². The molecule has 0 radical (unpaired) electrons. The normalized spacial score (nSPS) is 11.6. The van der Waals surface area contributed by atoms with Gasteiger partial charge in [0.25, 0.3) is 11.8 Å². The van der Waals surface area contributed by atoms with Gasteiger partial charge in [0.1, 0.15) is 5.75 Å². The minimum absolute atomic E-state index is 0.0259. The molecule has 3 amide bonds. The highest BCUT2D eigenvalue weighted by atomic mass is 16.5. The lowest BCUT2D eigenvalue weighted by molar-refractivity contribution is -0.862. The number of ether oxygens (including phenoxy) is 1. The first kappa shape index (κ1) is 20.4. The summed E-state index contributed by atoms with van der Waals surface area (Å²) in [5, 5.41) is 7.98. The van der Waals surface area contributed by atoms with Crippen molar-refractivity contribution in [2.45, 2.75) is 19.9 Å². The predicted molar refractivity (Wildman–Crippen MR) is 94.5 cm³/mol. The van der Waals surface area contributed by atoms with Crippen molar-refractivity contribution in [2.24, 2.45) is 0 Å². The Morgan fingerprint density at radius 2 is 1.80 bits per heavy atom. The number of quaternary nitrogens is 1. The van der Waals surface area contributed by atoms with Crippen molar-refractivity contribution in [3.8, 4) is 5.75 Å². The highest BCUT2D eigenvalue weighted by Gasteiger charge is 2.15. The summed E-state index contributed by atoms with van der Waals surface area (Å²) >= 11 is 0. The Morgan fingerprint density at radius 1 is 1.12 bits per heavy atom. The minimum atomic E-state index is -0.286. The van der Waals surface area contributed by atoms with Crippen LogP contribution in [0.15, 0.2) is 24.3 Å². The van der Waals surface area contributed by atoms with Crippen LogP contribution >= 0.6 is 0 Å². The number of nitrogens with one attached hydrogen (secondary N) is 4. The van der Waals surface area contributed by atoms with E-state index in [1.807, 2.05) is 13.8 Å². The fraction of sp³-hybridized carbons (Fsp3) is 0.471.